The van der Waals surface area contributed by atoms with Crippen molar-refractivity contribution in [2.45, 2.75) is 31.9 Å². The summed E-state index contributed by atoms with van der Waals surface area (Å²) in [6, 6.07) is 0. The molecule has 0 aromatic carbocycles. The highest BCUT2D eigenvalue weighted by Gasteiger charge is 2.48. The molecule has 1 aliphatic rings. The van der Waals surface area contributed by atoms with Crippen LogP contribution in [0.3, 0.4) is 0 Å². The van der Waals surface area contributed by atoms with Gasteiger partial charge in [-0.1, -0.05) is 12.8 Å². The summed E-state index contributed by atoms with van der Waals surface area (Å²) in [6.07, 6.45) is -1.62. The van der Waals surface area contributed by atoms with E-state index >= 15 is 0 Å². The number of halogens is 3. The molecule has 2 atom stereocenters. The van der Waals surface area contributed by atoms with Crippen LogP contribution in [-0.2, 0) is 11.8 Å². The fourth-order valence-electron chi connectivity index (χ4n) is 2.65. The minimum atomic E-state index is -4.35. The molecule has 112 valence electrons. The molecule has 0 saturated heterocycles. The molecule has 1 aliphatic carbocycles. The van der Waals surface area contributed by atoms with Crippen molar-refractivity contribution in [2.75, 3.05) is 11.1 Å². The zero-order chi connectivity index (χ0) is 14.9. The van der Waals surface area contributed by atoms with E-state index in [-0.39, 0.29) is 24.3 Å². The number of nitrogens with two attached hydrogens (primary N) is 1. The molecule has 0 spiro atoms. The predicted molar refractivity (Wildman–Crippen MR) is 67.8 cm³/mol. The van der Waals surface area contributed by atoms with Crippen LogP contribution in [0.2, 0.25) is 0 Å². The first kappa shape index (κ1) is 14.7. The molecule has 5 nitrogen and oxygen atoms in total. The van der Waals surface area contributed by atoms with Crippen LogP contribution in [0.15, 0.2) is 6.20 Å². The lowest BCUT2D eigenvalue weighted by atomic mass is 9.78. The van der Waals surface area contributed by atoms with Crippen LogP contribution in [0.1, 0.15) is 25.7 Å². The highest BCUT2D eigenvalue weighted by atomic mass is 19.4. The van der Waals surface area contributed by atoms with Crippen LogP contribution in [-0.4, -0.2) is 21.9 Å². The predicted octanol–water partition coefficient (Wildman–Crippen LogP) is 2.31. The van der Waals surface area contributed by atoms with Gasteiger partial charge in [0.05, 0.1) is 17.8 Å². The zero-order valence-electron chi connectivity index (χ0n) is 11.1. The van der Waals surface area contributed by atoms with Gasteiger partial charge in [0, 0.05) is 13.0 Å². The fourth-order valence-corrected chi connectivity index (χ4v) is 2.65. The second-order valence-electron chi connectivity index (χ2n) is 5.10. The topological polar surface area (TPSA) is 72.9 Å². The van der Waals surface area contributed by atoms with Gasteiger partial charge in [0.2, 0.25) is 5.91 Å². The highest BCUT2D eigenvalue weighted by molar-refractivity contribution is 5.94. The van der Waals surface area contributed by atoms with Crippen molar-refractivity contribution >= 4 is 17.4 Å². The first-order valence-corrected chi connectivity index (χ1v) is 6.45. The van der Waals surface area contributed by atoms with E-state index in [1.807, 2.05) is 0 Å². The van der Waals surface area contributed by atoms with E-state index in [9.17, 15) is 18.0 Å². The van der Waals surface area contributed by atoms with Gasteiger partial charge in [0.25, 0.3) is 0 Å². The molecule has 2 unspecified atom stereocenters. The van der Waals surface area contributed by atoms with Crippen molar-refractivity contribution in [3.8, 4) is 0 Å². The van der Waals surface area contributed by atoms with Crippen molar-refractivity contribution < 1.29 is 18.0 Å². The van der Waals surface area contributed by atoms with Crippen LogP contribution < -0.4 is 11.1 Å². The van der Waals surface area contributed by atoms with Crippen molar-refractivity contribution in [1.82, 2.24) is 9.78 Å². The number of hydrogen-bond acceptors (Lipinski definition) is 3. The van der Waals surface area contributed by atoms with Crippen LogP contribution in [0.4, 0.5) is 24.7 Å². The fraction of sp³-hybridized carbons (Fsp3) is 0.667. The van der Waals surface area contributed by atoms with E-state index in [2.05, 4.69) is 10.4 Å². The molecule has 1 aromatic heterocycles. The smallest absolute Gasteiger partial charge is 0.392 e. The molecule has 3 N–H and O–H groups in total. The number of aromatic nitrogens is 2. The number of nitrogen functional groups attached to an aromatic ring is 1. The highest BCUT2D eigenvalue weighted by Crippen LogP contribution is 2.42. The summed E-state index contributed by atoms with van der Waals surface area (Å²) in [6.45, 7) is 0. The monoisotopic (exact) mass is 290 g/mol. The lowest BCUT2D eigenvalue weighted by Gasteiger charge is -2.31. The number of nitrogens with one attached hydrogen (secondary N) is 1. The van der Waals surface area contributed by atoms with Crippen LogP contribution in [0.5, 0.6) is 0 Å². The molecular weight excluding hydrogens is 273 g/mol. The van der Waals surface area contributed by atoms with Crippen LogP contribution >= 0.6 is 0 Å². The third kappa shape index (κ3) is 2.88. The number of alkyl halides is 3. The average Bonchev–Trinajstić information content (AvgIpc) is 2.69. The van der Waals surface area contributed by atoms with E-state index in [4.69, 9.17) is 5.73 Å². The van der Waals surface area contributed by atoms with Gasteiger partial charge in [-0.15, -0.1) is 0 Å². The third-order valence-electron chi connectivity index (χ3n) is 3.73. The SMILES string of the molecule is Cn1ncc(N)c1NC(=O)C1CCCCC1C(F)(F)F. The molecule has 0 aliphatic heterocycles. The first-order chi connectivity index (χ1) is 9.30. The summed E-state index contributed by atoms with van der Waals surface area (Å²) in [7, 11) is 1.56. The Balaban J connectivity index is 2.14. The summed E-state index contributed by atoms with van der Waals surface area (Å²) in [5.74, 6) is -3.03. The number of rotatable bonds is 2. The van der Waals surface area contributed by atoms with Crippen molar-refractivity contribution in [3.63, 3.8) is 0 Å². The Bertz CT molecular complexity index is 478. The van der Waals surface area contributed by atoms with Crippen molar-refractivity contribution in [2.24, 2.45) is 18.9 Å². The van der Waals surface area contributed by atoms with Gasteiger partial charge in [-0.3, -0.25) is 9.48 Å². The molecule has 1 amide bonds. The molecule has 0 bridgehead atoms. The van der Waals surface area contributed by atoms with Gasteiger partial charge in [0.1, 0.15) is 0 Å². The number of amides is 1. The van der Waals surface area contributed by atoms with E-state index in [0.29, 0.717) is 12.8 Å². The Hall–Kier alpha value is -1.73. The van der Waals surface area contributed by atoms with E-state index in [1.54, 1.807) is 7.05 Å². The molecule has 1 saturated carbocycles. The maximum absolute atomic E-state index is 13.0. The normalized spacial score (nSPS) is 23.6. The third-order valence-corrected chi connectivity index (χ3v) is 3.73. The molecule has 8 heteroatoms. The number of anilines is 2. The van der Waals surface area contributed by atoms with E-state index < -0.39 is 23.9 Å². The molecular formula is C12H17F3N4O. The van der Waals surface area contributed by atoms with Gasteiger partial charge >= 0.3 is 6.18 Å². The van der Waals surface area contributed by atoms with Gasteiger partial charge in [0.15, 0.2) is 5.82 Å². The molecule has 1 fully saturated rings. The number of hydrogen-bond donors (Lipinski definition) is 2. The summed E-state index contributed by atoms with van der Waals surface area (Å²) in [5.41, 5.74) is 5.86. The Morgan fingerprint density at radius 3 is 2.65 bits per heavy atom. The Kier molecular flexibility index (Phi) is 3.92. The van der Waals surface area contributed by atoms with Crippen LogP contribution in [0.25, 0.3) is 0 Å². The Morgan fingerprint density at radius 2 is 2.10 bits per heavy atom. The Labute approximate surface area is 114 Å². The Morgan fingerprint density at radius 1 is 1.45 bits per heavy atom. The van der Waals surface area contributed by atoms with Gasteiger partial charge in [-0.2, -0.15) is 18.3 Å². The maximum atomic E-state index is 13.0. The lowest BCUT2D eigenvalue weighted by Crippen LogP contribution is -2.40. The number of carbonyl (C=O) groups is 1. The lowest BCUT2D eigenvalue weighted by molar-refractivity contribution is -0.197. The van der Waals surface area contributed by atoms with E-state index in [0.717, 1.165) is 0 Å². The van der Waals surface area contributed by atoms with Crippen molar-refractivity contribution in [3.05, 3.63) is 6.20 Å². The second-order valence-corrected chi connectivity index (χ2v) is 5.10. The molecule has 1 heterocycles. The molecule has 20 heavy (non-hydrogen) atoms. The summed E-state index contributed by atoms with van der Waals surface area (Å²) in [5, 5.41) is 6.30. The van der Waals surface area contributed by atoms with Crippen molar-refractivity contribution in [1.29, 1.82) is 0 Å². The number of carbonyl (C=O) groups excluding carboxylic acids is 1. The molecule has 0 radical (unpaired) electrons. The first-order valence-electron chi connectivity index (χ1n) is 6.45. The minimum Gasteiger partial charge on any atom is -0.394 e. The zero-order valence-corrected chi connectivity index (χ0v) is 11.1. The van der Waals surface area contributed by atoms with Gasteiger partial charge in [-0.05, 0) is 12.8 Å². The second kappa shape index (κ2) is 5.34. The van der Waals surface area contributed by atoms with E-state index in [1.165, 1.54) is 10.9 Å². The molecule has 1 aromatic rings. The maximum Gasteiger partial charge on any atom is 0.392 e. The molecule has 2 rings (SSSR count). The standard InChI is InChI=1S/C12H17F3N4O/c1-19-10(9(16)6-17-19)18-11(20)7-4-2-3-5-8(7)12(13,14)15/h6-8H,2-5,16H2,1H3,(H,18,20). The van der Waals surface area contributed by atoms with Gasteiger partial charge in [-0.25, -0.2) is 0 Å². The summed E-state index contributed by atoms with van der Waals surface area (Å²) in [4.78, 5) is 12.1. The number of aryl methyl sites for hydroxylation is 1. The summed E-state index contributed by atoms with van der Waals surface area (Å²) >= 11 is 0. The largest absolute Gasteiger partial charge is 0.394 e. The minimum absolute atomic E-state index is 0.00244. The number of nitrogens with zero attached hydrogens (tertiary/aromatic N) is 2. The average molecular weight is 290 g/mol. The van der Waals surface area contributed by atoms with Crippen LogP contribution in [0, 0.1) is 11.8 Å². The van der Waals surface area contributed by atoms with Gasteiger partial charge < -0.3 is 11.1 Å². The quantitative estimate of drug-likeness (QED) is 0.878. The summed E-state index contributed by atoms with van der Waals surface area (Å²) < 4.78 is 40.2.